The molecule has 0 aliphatic rings. The summed E-state index contributed by atoms with van der Waals surface area (Å²) in [6.45, 7) is 0.0553. The van der Waals surface area contributed by atoms with Gasteiger partial charge in [-0.25, -0.2) is 0 Å². The summed E-state index contributed by atoms with van der Waals surface area (Å²) in [5.74, 6) is 0. The molecule has 0 amide bonds. The molecule has 0 saturated heterocycles. The van der Waals surface area contributed by atoms with E-state index in [1.165, 1.54) is 16.4 Å². The number of benzene rings is 1. The molecule has 90 valence electrons. The van der Waals surface area contributed by atoms with Crippen LogP contribution in [0.2, 0.25) is 0 Å². The molecule has 3 rings (SSSR count). The van der Waals surface area contributed by atoms with Gasteiger partial charge in [-0.1, -0.05) is 23.9 Å². The SMILES string of the molecule is OCc1ccc(Sc2ccc3nnnn3n2)cc1. The van der Waals surface area contributed by atoms with Crippen LogP contribution in [0.4, 0.5) is 0 Å². The molecule has 0 saturated carbocycles. The molecule has 6 nitrogen and oxygen atoms in total. The molecule has 0 radical (unpaired) electrons. The summed E-state index contributed by atoms with van der Waals surface area (Å²) in [4.78, 5) is 1.05. The van der Waals surface area contributed by atoms with E-state index in [-0.39, 0.29) is 6.61 Å². The summed E-state index contributed by atoms with van der Waals surface area (Å²) in [6, 6.07) is 11.4. The van der Waals surface area contributed by atoms with Crippen molar-refractivity contribution >= 4 is 17.4 Å². The quantitative estimate of drug-likeness (QED) is 0.760. The second-order valence-corrected chi connectivity index (χ2v) is 4.70. The molecule has 18 heavy (non-hydrogen) atoms. The number of tetrazole rings is 1. The fourth-order valence-corrected chi connectivity index (χ4v) is 2.24. The third kappa shape index (κ3) is 2.18. The number of hydrogen-bond donors (Lipinski definition) is 1. The van der Waals surface area contributed by atoms with Gasteiger partial charge in [-0.3, -0.25) is 0 Å². The Morgan fingerprint density at radius 3 is 2.72 bits per heavy atom. The summed E-state index contributed by atoms with van der Waals surface area (Å²) >= 11 is 1.52. The lowest BCUT2D eigenvalue weighted by atomic mass is 10.2. The highest BCUT2D eigenvalue weighted by Crippen LogP contribution is 2.25. The van der Waals surface area contributed by atoms with Gasteiger partial charge in [-0.05, 0) is 40.3 Å². The average molecular weight is 259 g/mol. The molecular weight excluding hydrogens is 250 g/mol. The molecule has 0 unspecified atom stereocenters. The lowest BCUT2D eigenvalue weighted by Gasteiger charge is -2.01. The van der Waals surface area contributed by atoms with Crippen molar-refractivity contribution in [2.24, 2.45) is 0 Å². The maximum atomic E-state index is 8.97. The summed E-state index contributed by atoms with van der Waals surface area (Å²) in [5, 5.41) is 25.1. The Kier molecular flexibility index (Phi) is 2.91. The number of aromatic nitrogens is 5. The Balaban J connectivity index is 1.85. The largest absolute Gasteiger partial charge is 0.392 e. The Morgan fingerprint density at radius 1 is 1.11 bits per heavy atom. The molecule has 0 aliphatic carbocycles. The smallest absolute Gasteiger partial charge is 0.200 e. The van der Waals surface area contributed by atoms with Gasteiger partial charge in [0.25, 0.3) is 0 Å². The molecule has 3 aromatic rings. The third-order valence-electron chi connectivity index (χ3n) is 2.37. The van der Waals surface area contributed by atoms with Gasteiger partial charge >= 0.3 is 0 Å². The van der Waals surface area contributed by atoms with Crippen molar-refractivity contribution in [3.8, 4) is 0 Å². The van der Waals surface area contributed by atoms with Gasteiger partial charge in [0.2, 0.25) is 0 Å². The molecule has 7 heteroatoms. The maximum absolute atomic E-state index is 8.97. The molecule has 1 aromatic carbocycles. The van der Waals surface area contributed by atoms with E-state index in [9.17, 15) is 0 Å². The van der Waals surface area contributed by atoms with E-state index in [1.807, 2.05) is 36.4 Å². The Hall–Kier alpha value is -1.99. The molecule has 0 aliphatic heterocycles. The zero-order valence-corrected chi connectivity index (χ0v) is 10.1. The highest BCUT2D eigenvalue weighted by atomic mass is 32.2. The maximum Gasteiger partial charge on any atom is 0.200 e. The normalized spacial score (nSPS) is 10.9. The average Bonchev–Trinajstić information content (AvgIpc) is 2.87. The fraction of sp³-hybridized carbons (Fsp3) is 0.0909. The van der Waals surface area contributed by atoms with Crippen molar-refractivity contribution in [1.29, 1.82) is 0 Å². The number of aliphatic hydroxyl groups excluding tert-OH is 1. The zero-order valence-electron chi connectivity index (χ0n) is 9.26. The Bertz CT molecular complexity index is 667. The van der Waals surface area contributed by atoms with E-state index in [2.05, 4.69) is 20.6 Å². The summed E-state index contributed by atoms with van der Waals surface area (Å²) in [6.07, 6.45) is 0. The van der Waals surface area contributed by atoms with Crippen molar-refractivity contribution in [1.82, 2.24) is 25.3 Å². The van der Waals surface area contributed by atoms with Crippen molar-refractivity contribution in [3.05, 3.63) is 42.0 Å². The number of nitrogens with zero attached hydrogens (tertiary/aromatic N) is 5. The monoisotopic (exact) mass is 259 g/mol. The zero-order chi connectivity index (χ0) is 12.4. The summed E-state index contributed by atoms with van der Waals surface area (Å²) < 4.78 is 1.39. The van der Waals surface area contributed by atoms with Crippen LogP contribution in [-0.2, 0) is 6.61 Å². The van der Waals surface area contributed by atoms with Crippen LogP contribution in [0.25, 0.3) is 5.65 Å². The number of fused-ring (bicyclic) bond motifs is 1. The predicted octanol–water partition coefficient (Wildman–Crippen LogP) is 1.16. The van der Waals surface area contributed by atoms with Crippen molar-refractivity contribution in [2.75, 3.05) is 0 Å². The highest BCUT2D eigenvalue weighted by molar-refractivity contribution is 7.99. The van der Waals surface area contributed by atoms with Crippen LogP contribution in [0.3, 0.4) is 0 Å². The van der Waals surface area contributed by atoms with Gasteiger partial charge in [0.15, 0.2) is 5.65 Å². The van der Waals surface area contributed by atoms with Gasteiger partial charge in [0.05, 0.1) is 6.61 Å². The molecule has 2 heterocycles. The van der Waals surface area contributed by atoms with Crippen LogP contribution in [0.1, 0.15) is 5.56 Å². The van der Waals surface area contributed by atoms with E-state index >= 15 is 0 Å². The van der Waals surface area contributed by atoms with E-state index in [0.717, 1.165) is 15.5 Å². The van der Waals surface area contributed by atoms with Crippen molar-refractivity contribution in [2.45, 2.75) is 16.5 Å². The minimum absolute atomic E-state index is 0.0553. The van der Waals surface area contributed by atoms with Crippen molar-refractivity contribution < 1.29 is 5.11 Å². The number of rotatable bonds is 3. The first-order chi connectivity index (χ1) is 8.85. The van der Waals surface area contributed by atoms with E-state index in [4.69, 9.17) is 5.11 Å². The Labute approximate surface area is 107 Å². The minimum atomic E-state index is 0.0553. The van der Waals surface area contributed by atoms with Gasteiger partial charge in [-0.2, -0.15) is 0 Å². The van der Waals surface area contributed by atoms with Crippen molar-refractivity contribution in [3.63, 3.8) is 0 Å². The van der Waals surface area contributed by atoms with Gasteiger partial charge in [-0.15, -0.1) is 14.8 Å². The second kappa shape index (κ2) is 4.71. The van der Waals surface area contributed by atoms with Gasteiger partial charge < -0.3 is 5.11 Å². The Morgan fingerprint density at radius 2 is 1.94 bits per heavy atom. The first kappa shape index (κ1) is 11.1. The van der Waals surface area contributed by atoms with Crippen LogP contribution < -0.4 is 0 Å². The van der Waals surface area contributed by atoms with E-state index in [1.54, 1.807) is 0 Å². The molecule has 0 spiro atoms. The predicted molar refractivity (Wildman–Crippen MR) is 65.1 cm³/mol. The number of aliphatic hydroxyl groups is 1. The molecule has 2 aromatic heterocycles. The fourth-order valence-electron chi connectivity index (χ4n) is 1.47. The molecule has 0 bridgehead atoms. The van der Waals surface area contributed by atoms with Gasteiger partial charge in [0, 0.05) is 4.90 Å². The van der Waals surface area contributed by atoms with E-state index < -0.39 is 0 Å². The standard InChI is InChI=1S/C11H9N5OS/c17-7-8-1-3-9(4-2-8)18-11-6-5-10-12-14-15-16(10)13-11/h1-6,17H,7H2. The van der Waals surface area contributed by atoms with Crippen LogP contribution >= 0.6 is 11.8 Å². The van der Waals surface area contributed by atoms with Crippen LogP contribution in [0.5, 0.6) is 0 Å². The van der Waals surface area contributed by atoms with E-state index in [0.29, 0.717) is 5.65 Å². The summed E-state index contributed by atoms with van der Waals surface area (Å²) in [5.41, 5.74) is 1.51. The van der Waals surface area contributed by atoms with Gasteiger partial charge in [0.1, 0.15) is 5.03 Å². The van der Waals surface area contributed by atoms with Crippen LogP contribution in [-0.4, -0.2) is 30.4 Å². The topological polar surface area (TPSA) is 76.2 Å². The lowest BCUT2D eigenvalue weighted by Crippen LogP contribution is -1.95. The number of hydrogen-bond acceptors (Lipinski definition) is 6. The van der Waals surface area contributed by atoms with Crippen LogP contribution in [0.15, 0.2) is 46.3 Å². The molecular formula is C11H9N5OS. The summed E-state index contributed by atoms with van der Waals surface area (Å²) in [7, 11) is 0. The first-order valence-electron chi connectivity index (χ1n) is 5.28. The lowest BCUT2D eigenvalue weighted by molar-refractivity contribution is 0.282. The first-order valence-corrected chi connectivity index (χ1v) is 6.10. The van der Waals surface area contributed by atoms with Crippen LogP contribution in [0, 0.1) is 0 Å². The minimum Gasteiger partial charge on any atom is -0.392 e. The second-order valence-electron chi connectivity index (χ2n) is 3.60. The molecule has 0 fully saturated rings. The molecule has 1 N–H and O–H groups in total. The highest BCUT2D eigenvalue weighted by Gasteiger charge is 2.03. The third-order valence-corrected chi connectivity index (χ3v) is 3.31. The molecule has 0 atom stereocenters.